The second-order valence-corrected chi connectivity index (χ2v) is 6.02. The summed E-state index contributed by atoms with van der Waals surface area (Å²) in [5.41, 5.74) is 2.19. The Hall–Kier alpha value is -0.670. The van der Waals surface area contributed by atoms with Crippen LogP contribution in [0.3, 0.4) is 0 Å². The molecule has 0 saturated heterocycles. The molecule has 1 atom stereocenters. The number of hydrogen-bond acceptors (Lipinski definition) is 3. The number of aryl methyl sites for hydroxylation is 1. The van der Waals surface area contributed by atoms with E-state index in [1.54, 1.807) is 11.8 Å². The molecule has 0 bridgehead atoms. The van der Waals surface area contributed by atoms with Crippen molar-refractivity contribution in [2.45, 2.75) is 32.7 Å². The third-order valence-corrected chi connectivity index (χ3v) is 4.72. The SMILES string of the molecule is CCC1(C)CSC(Nc2ccc(C)c(Cl)c2)=N1. The first-order valence-electron chi connectivity index (χ1n) is 5.78. The Kier molecular flexibility index (Phi) is 3.69. The number of anilines is 1. The zero-order chi connectivity index (χ0) is 12.5. The highest BCUT2D eigenvalue weighted by Gasteiger charge is 2.28. The van der Waals surface area contributed by atoms with E-state index in [0.717, 1.165) is 33.6 Å². The minimum absolute atomic E-state index is 0.0848. The summed E-state index contributed by atoms with van der Waals surface area (Å²) in [4.78, 5) is 4.71. The summed E-state index contributed by atoms with van der Waals surface area (Å²) >= 11 is 7.87. The number of nitrogens with zero attached hydrogens (tertiary/aromatic N) is 1. The van der Waals surface area contributed by atoms with Gasteiger partial charge in [-0.05, 0) is 38.0 Å². The Labute approximate surface area is 112 Å². The second-order valence-electron chi connectivity index (χ2n) is 4.65. The summed E-state index contributed by atoms with van der Waals surface area (Å²) in [6.45, 7) is 6.37. The van der Waals surface area contributed by atoms with E-state index in [1.165, 1.54) is 0 Å². The lowest BCUT2D eigenvalue weighted by Crippen LogP contribution is -2.20. The van der Waals surface area contributed by atoms with Crippen LogP contribution in [0.4, 0.5) is 5.69 Å². The number of hydrogen-bond donors (Lipinski definition) is 1. The van der Waals surface area contributed by atoms with E-state index in [2.05, 4.69) is 19.2 Å². The summed E-state index contributed by atoms with van der Waals surface area (Å²) in [7, 11) is 0. The van der Waals surface area contributed by atoms with E-state index in [1.807, 2.05) is 25.1 Å². The first-order chi connectivity index (χ1) is 8.02. The maximum absolute atomic E-state index is 6.10. The fourth-order valence-corrected chi connectivity index (χ4v) is 2.94. The first-order valence-corrected chi connectivity index (χ1v) is 7.14. The Morgan fingerprint density at radius 2 is 2.29 bits per heavy atom. The third-order valence-electron chi connectivity index (χ3n) is 3.08. The number of nitrogens with one attached hydrogen (secondary N) is 1. The molecule has 0 amide bonds. The summed E-state index contributed by atoms with van der Waals surface area (Å²) in [5.74, 6) is 1.05. The van der Waals surface area contributed by atoms with Crippen LogP contribution in [0.15, 0.2) is 23.2 Å². The smallest absolute Gasteiger partial charge is 0.161 e. The predicted molar refractivity (Wildman–Crippen MR) is 78.4 cm³/mol. The largest absolute Gasteiger partial charge is 0.335 e. The third kappa shape index (κ3) is 2.96. The second kappa shape index (κ2) is 4.91. The molecule has 1 N–H and O–H groups in total. The van der Waals surface area contributed by atoms with E-state index in [9.17, 15) is 0 Å². The van der Waals surface area contributed by atoms with Crippen LogP contribution in [-0.2, 0) is 0 Å². The van der Waals surface area contributed by atoms with Crippen molar-refractivity contribution in [2.24, 2.45) is 4.99 Å². The quantitative estimate of drug-likeness (QED) is 0.863. The lowest BCUT2D eigenvalue weighted by Gasteiger charge is -2.15. The van der Waals surface area contributed by atoms with Crippen molar-refractivity contribution in [3.63, 3.8) is 0 Å². The molecule has 1 aliphatic rings. The molecular formula is C13H17ClN2S. The van der Waals surface area contributed by atoms with E-state index in [0.29, 0.717) is 0 Å². The van der Waals surface area contributed by atoms with E-state index < -0.39 is 0 Å². The van der Waals surface area contributed by atoms with Gasteiger partial charge >= 0.3 is 0 Å². The Morgan fingerprint density at radius 3 is 2.88 bits per heavy atom. The lowest BCUT2D eigenvalue weighted by molar-refractivity contribution is 0.523. The molecule has 0 fully saturated rings. The zero-order valence-corrected chi connectivity index (χ0v) is 12.0. The molecule has 0 radical (unpaired) electrons. The van der Waals surface area contributed by atoms with Crippen molar-refractivity contribution in [1.82, 2.24) is 0 Å². The first kappa shape index (κ1) is 12.8. The van der Waals surface area contributed by atoms with Crippen molar-refractivity contribution in [2.75, 3.05) is 11.1 Å². The Morgan fingerprint density at radius 1 is 1.53 bits per heavy atom. The van der Waals surface area contributed by atoms with Gasteiger partial charge in [-0.1, -0.05) is 36.4 Å². The van der Waals surface area contributed by atoms with Gasteiger partial charge in [-0.2, -0.15) is 0 Å². The van der Waals surface area contributed by atoms with Gasteiger partial charge in [0.25, 0.3) is 0 Å². The monoisotopic (exact) mass is 268 g/mol. The van der Waals surface area contributed by atoms with Crippen LogP contribution in [0.25, 0.3) is 0 Å². The van der Waals surface area contributed by atoms with Crippen molar-refractivity contribution < 1.29 is 0 Å². The van der Waals surface area contributed by atoms with Gasteiger partial charge in [0.15, 0.2) is 5.17 Å². The van der Waals surface area contributed by atoms with Gasteiger partial charge in [0.2, 0.25) is 0 Å². The maximum Gasteiger partial charge on any atom is 0.161 e. The highest BCUT2D eigenvalue weighted by atomic mass is 35.5. The van der Waals surface area contributed by atoms with Crippen molar-refractivity contribution in [3.05, 3.63) is 28.8 Å². The summed E-state index contributed by atoms with van der Waals surface area (Å²) in [5, 5.41) is 5.11. The van der Waals surface area contributed by atoms with Gasteiger partial charge in [-0.3, -0.25) is 4.99 Å². The maximum atomic E-state index is 6.10. The highest BCUT2D eigenvalue weighted by molar-refractivity contribution is 8.14. The van der Waals surface area contributed by atoms with Crippen LogP contribution in [0.2, 0.25) is 5.02 Å². The summed E-state index contributed by atoms with van der Waals surface area (Å²) in [6, 6.07) is 6.00. The van der Waals surface area contributed by atoms with Crippen LogP contribution in [0, 0.1) is 6.92 Å². The van der Waals surface area contributed by atoms with Gasteiger partial charge in [-0.15, -0.1) is 0 Å². The molecule has 92 valence electrons. The fraction of sp³-hybridized carbons (Fsp3) is 0.462. The van der Waals surface area contributed by atoms with Gasteiger partial charge < -0.3 is 5.32 Å². The number of rotatable bonds is 2. The lowest BCUT2D eigenvalue weighted by atomic mass is 10.0. The molecule has 1 aromatic rings. The van der Waals surface area contributed by atoms with Crippen LogP contribution < -0.4 is 5.32 Å². The van der Waals surface area contributed by atoms with Crippen LogP contribution in [0.1, 0.15) is 25.8 Å². The summed E-state index contributed by atoms with van der Waals surface area (Å²) in [6.07, 6.45) is 1.07. The molecule has 0 aromatic heterocycles. The number of thioether (sulfide) groups is 1. The normalized spacial score (nSPS) is 23.6. The Bertz CT molecular complexity index is 459. The fourth-order valence-electron chi connectivity index (χ4n) is 1.57. The van der Waals surface area contributed by atoms with Crippen LogP contribution in [-0.4, -0.2) is 16.5 Å². The molecule has 0 spiro atoms. The average Bonchev–Trinajstić information content (AvgIpc) is 2.67. The molecule has 1 unspecified atom stereocenters. The molecule has 2 nitrogen and oxygen atoms in total. The molecule has 1 heterocycles. The minimum Gasteiger partial charge on any atom is -0.335 e. The zero-order valence-electron chi connectivity index (χ0n) is 10.4. The molecule has 0 aliphatic carbocycles. The molecule has 2 rings (SSSR count). The van der Waals surface area contributed by atoms with Crippen molar-refractivity contribution >= 4 is 34.2 Å². The standard InChI is InChI=1S/C13H17ClN2S/c1-4-13(3)8-17-12(16-13)15-10-6-5-9(2)11(14)7-10/h5-7H,4,8H2,1-3H3,(H,15,16). The van der Waals surface area contributed by atoms with Gasteiger partial charge in [0.1, 0.15) is 0 Å². The van der Waals surface area contributed by atoms with Crippen molar-refractivity contribution in [1.29, 1.82) is 0 Å². The average molecular weight is 269 g/mol. The minimum atomic E-state index is 0.0848. The van der Waals surface area contributed by atoms with Crippen molar-refractivity contribution in [3.8, 4) is 0 Å². The molecular weight excluding hydrogens is 252 g/mol. The molecule has 1 aliphatic heterocycles. The van der Waals surface area contributed by atoms with E-state index in [-0.39, 0.29) is 5.54 Å². The molecule has 17 heavy (non-hydrogen) atoms. The number of benzene rings is 1. The van der Waals surface area contributed by atoms with Crippen LogP contribution >= 0.6 is 23.4 Å². The Balaban J connectivity index is 2.12. The van der Waals surface area contributed by atoms with Gasteiger partial charge in [0, 0.05) is 16.5 Å². The molecule has 0 saturated carbocycles. The van der Waals surface area contributed by atoms with Gasteiger partial charge in [0.05, 0.1) is 5.54 Å². The topological polar surface area (TPSA) is 24.4 Å². The number of aliphatic imine (C=N–C) groups is 1. The van der Waals surface area contributed by atoms with Gasteiger partial charge in [-0.25, -0.2) is 0 Å². The number of amidine groups is 1. The molecule has 4 heteroatoms. The van der Waals surface area contributed by atoms with Crippen LogP contribution in [0.5, 0.6) is 0 Å². The van der Waals surface area contributed by atoms with E-state index >= 15 is 0 Å². The molecule has 1 aromatic carbocycles. The van der Waals surface area contributed by atoms with E-state index in [4.69, 9.17) is 16.6 Å². The number of halogens is 1. The summed E-state index contributed by atoms with van der Waals surface area (Å²) < 4.78 is 0. The predicted octanol–water partition coefficient (Wildman–Crippen LogP) is 4.33. The highest BCUT2D eigenvalue weighted by Crippen LogP contribution is 2.31.